The van der Waals surface area contributed by atoms with Gasteiger partial charge in [-0.15, -0.1) is 0 Å². The van der Waals surface area contributed by atoms with Crippen molar-refractivity contribution < 1.29 is 0 Å². The highest BCUT2D eigenvalue weighted by Crippen LogP contribution is 2.06. The number of rotatable bonds is 3. The van der Waals surface area contributed by atoms with E-state index in [0.717, 1.165) is 18.8 Å². The molecular formula is C11H21N3. The Labute approximate surface area is 86.5 Å². The van der Waals surface area contributed by atoms with Crippen molar-refractivity contribution in [1.82, 2.24) is 15.1 Å². The van der Waals surface area contributed by atoms with Gasteiger partial charge >= 0.3 is 0 Å². The van der Waals surface area contributed by atoms with Gasteiger partial charge in [-0.3, -0.25) is 4.68 Å². The van der Waals surface area contributed by atoms with Crippen LogP contribution in [-0.2, 0) is 13.1 Å². The smallest absolute Gasteiger partial charge is 0.0597 e. The van der Waals surface area contributed by atoms with Crippen LogP contribution in [0.3, 0.4) is 0 Å². The number of hydrogen-bond acceptors (Lipinski definition) is 2. The zero-order valence-electron chi connectivity index (χ0n) is 9.89. The molecular weight excluding hydrogens is 174 g/mol. The summed E-state index contributed by atoms with van der Waals surface area (Å²) in [5.74, 6) is 0. The third kappa shape index (κ3) is 3.14. The van der Waals surface area contributed by atoms with Gasteiger partial charge in [-0.1, -0.05) is 0 Å². The summed E-state index contributed by atoms with van der Waals surface area (Å²) in [6.07, 6.45) is 0. The molecule has 14 heavy (non-hydrogen) atoms. The van der Waals surface area contributed by atoms with Crippen LogP contribution in [0.15, 0.2) is 6.07 Å². The van der Waals surface area contributed by atoms with E-state index >= 15 is 0 Å². The number of nitrogens with one attached hydrogen (secondary N) is 1. The normalized spacial score (nSPS) is 12.1. The third-order valence-electron chi connectivity index (χ3n) is 2.08. The first-order chi connectivity index (χ1) is 6.42. The van der Waals surface area contributed by atoms with Crippen LogP contribution in [0.25, 0.3) is 0 Å². The van der Waals surface area contributed by atoms with Crippen LogP contribution in [0, 0.1) is 6.92 Å². The maximum atomic E-state index is 4.41. The van der Waals surface area contributed by atoms with Crippen molar-refractivity contribution in [2.24, 2.45) is 0 Å². The van der Waals surface area contributed by atoms with Gasteiger partial charge in [0.2, 0.25) is 0 Å². The van der Waals surface area contributed by atoms with Gasteiger partial charge in [-0.2, -0.15) is 5.10 Å². The molecule has 1 N–H and O–H groups in total. The fraction of sp³-hybridized carbons (Fsp3) is 0.727. The van der Waals surface area contributed by atoms with E-state index in [-0.39, 0.29) is 5.54 Å². The Morgan fingerprint density at radius 1 is 1.43 bits per heavy atom. The van der Waals surface area contributed by atoms with Crippen LogP contribution in [0.1, 0.15) is 39.1 Å². The maximum absolute atomic E-state index is 4.41. The molecule has 0 aliphatic carbocycles. The summed E-state index contributed by atoms with van der Waals surface area (Å²) in [5.41, 5.74) is 2.52. The van der Waals surface area contributed by atoms with Gasteiger partial charge in [0.05, 0.1) is 11.4 Å². The summed E-state index contributed by atoms with van der Waals surface area (Å²) in [7, 11) is 0. The third-order valence-corrected chi connectivity index (χ3v) is 2.08. The minimum absolute atomic E-state index is 0.163. The lowest BCUT2D eigenvalue weighted by Gasteiger charge is -2.20. The summed E-state index contributed by atoms with van der Waals surface area (Å²) in [6, 6.07) is 2.14. The van der Waals surface area contributed by atoms with Gasteiger partial charge in [-0.25, -0.2) is 0 Å². The Hall–Kier alpha value is -0.830. The number of hydrogen-bond donors (Lipinski definition) is 1. The van der Waals surface area contributed by atoms with Crippen molar-refractivity contribution >= 4 is 0 Å². The molecule has 0 fully saturated rings. The lowest BCUT2D eigenvalue weighted by Crippen LogP contribution is -2.35. The molecule has 3 heteroatoms. The molecule has 0 bridgehead atoms. The lowest BCUT2D eigenvalue weighted by atomic mass is 10.1. The van der Waals surface area contributed by atoms with Gasteiger partial charge in [-0.05, 0) is 40.7 Å². The Kier molecular flexibility index (Phi) is 3.32. The molecule has 0 aromatic carbocycles. The molecule has 0 unspecified atom stereocenters. The number of aryl methyl sites for hydroxylation is 2. The van der Waals surface area contributed by atoms with Crippen LogP contribution < -0.4 is 5.32 Å². The molecule has 0 saturated carbocycles. The first-order valence-corrected chi connectivity index (χ1v) is 5.21. The second kappa shape index (κ2) is 4.13. The van der Waals surface area contributed by atoms with E-state index in [2.05, 4.69) is 44.2 Å². The van der Waals surface area contributed by atoms with Gasteiger partial charge in [0.25, 0.3) is 0 Å². The molecule has 0 aliphatic heterocycles. The van der Waals surface area contributed by atoms with Crippen LogP contribution >= 0.6 is 0 Å². The average molecular weight is 195 g/mol. The molecule has 0 atom stereocenters. The predicted octanol–water partition coefficient (Wildman–Crippen LogP) is 2.10. The minimum atomic E-state index is 0.163. The minimum Gasteiger partial charge on any atom is -0.306 e. The number of aromatic nitrogens is 2. The van der Waals surface area contributed by atoms with Gasteiger partial charge in [0.15, 0.2) is 0 Å². The van der Waals surface area contributed by atoms with Crippen LogP contribution in [0.5, 0.6) is 0 Å². The van der Waals surface area contributed by atoms with E-state index in [0.29, 0.717) is 0 Å². The van der Waals surface area contributed by atoms with Crippen molar-refractivity contribution in [2.75, 3.05) is 0 Å². The summed E-state index contributed by atoms with van der Waals surface area (Å²) < 4.78 is 2.05. The standard InChI is InChI=1S/C11H21N3/c1-6-14-10(7-9(2)13-14)8-12-11(3,4)5/h7,12H,6,8H2,1-5H3. The van der Waals surface area contributed by atoms with Crippen molar-refractivity contribution in [1.29, 1.82) is 0 Å². The van der Waals surface area contributed by atoms with Crippen molar-refractivity contribution in [3.8, 4) is 0 Å². The largest absolute Gasteiger partial charge is 0.306 e. The maximum Gasteiger partial charge on any atom is 0.0597 e. The first-order valence-electron chi connectivity index (χ1n) is 5.21. The fourth-order valence-corrected chi connectivity index (χ4v) is 1.37. The van der Waals surface area contributed by atoms with E-state index in [1.807, 2.05) is 11.6 Å². The van der Waals surface area contributed by atoms with E-state index in [1.165, 1.54) is 5.69 Å². The highest BCUT2D eigenvalue weighted by Gasteiger charge is 2.10. The molecule has 3 nitrogen and oxygen atoms in total. The van der Waals surface area contributed by atoms with Gasteiger partial charge in [0.1, 0.15) is 0 Å². The highest BCUT2D eigenvalue weighted by atomic mass is 15.3. The zero-order valence-corrected chi connectivity index (χ0v) is 9.89. The fourth-order valence-electron chi connectivity index (χ4n) is 1.37. The topological polar surface area (TPSA) is 29.9 Å². The van der Waals surface area contributed by atoms with Crippen LogP contribution in [0.2, 0.25) is 0 Å². The van der Waals surface area contributed by atoms with E-state index in [1.54, 1.807) is 0 Å². The molecule has 0 spiro atoms. The molecule has 1 rings (SSSR count). The highest BCUT2D eigenvalue weighted by molar-refractivity contribution is 5.09. The molecule has 1 heterocycles. The summed E-state index contributed by atoms with van der Waals surface area (Å²) in [6.45, 7) is 12.5. The Morgan fingerprint density at radius 2 is 2.07 bits per heavy atom. The van der Waals surface area contributed by atoms with Crippen molar-refractivity contribution in [3.05, 3.63) is 17.5 Å². The number of nitrogens with zero attached hydrogens (tertiary/aromatic N) is 2. The SMILES string of the molecule is CCn1nc(C)cc1CNC(C)(C)C. The summed E-state index contributed by atoms with van der Waals surface area (Å²) in [4.78, 5) is 0. The van der Waals surface area contributed by atoms with Crippen LogP contribution in [0.4, 0.5) is 0 Å². The average Bonchev–Trinajstić information content (AvgIpc) is 2.41. The summed E-state index contributed by atoms with van der Waals surface area (Å²) in [5, 5.41) is 7.87. The van der Waals surface area contributed by atoms with Gasteiger partial charge in [0, 0.05) is 18.6 Å². The summed E-state index contributed by atoms with van der Waals surface area (Å²) >= 11 is 0. The Morgan fingerprint density at radius 3 is 2.57 bits per heavy atom. The molecule has 0 aliphatic rings. The first kappa shape index (κ1) is 11.2. The van der Waals surface area contributed by atoms with Crippen molar-refractivity contribution in [3.63, 3.8) is 0 Å². The lowest BCUT2D eigenvalue weighted by molar-refractivity contribution is 0.413. The molecule has 0 amide bonds. The second-order valence-electron chi connectivity index (χ2n) is 4.70. The second-order valence-corrected chi connectivity index (χ2v) is 4.70. The van der Waals surface area contributed by atoms with Crippen LogP contribution in [-0.4, -0.2) is 15.3 Å². The quantitative estimate of drug-likeness (QED) is 0.800. The molecule has 80 valence electrons. The van der Waals surface area contributed by atoms with E-state index < -0.39 is 0 Å². The molecule has 1 aromatic rings. The molecule has 0 radical (unpaired) electrons. The molecule has 1 aromatic heterocycles. The zero-order chi connectivity index (χ0) is 10.8. The van der Waals surface area contributed by atoms with E-state index in [9.17, 15) is 0 Å². The Bertz CT molecular complexity index is 294. The van der Waals surface area contributed by atoms with Crippen molar-refractivity contribution in [2.45, 2.75) is 53.2 Å². The molecule has 0 saturated heterocycles. The van der Waals surface area contributed by atoms with Gasteiger partial charge < -0.3 is 5.32 Å². The predicted molar refractivity (Wildman–Crippen MR) is 59.2 cm³/mol. The monoisotopic (exact) mass is 195 g/mol. The van der Waals surface area contributed by atoms with E-state index in [4.69, 9.17) is 0 Å². The Balaban J connectivity index is 2.66.